The van der Waals surface area contributed by atoms with Gasteiger partial charge >= 0.3 is 17.9 Å². The maximum absolute atomic E-state index is 12.8. The molecule has 6 heteroatoms. The van der Waals surface area contributed by atoms with Gasteiger partial charge < -0.3 is 14.2 Å². The lowest BCUT2D eigenvalue weighted by Crippen LogP contribution is -2.30. The minimum atomic E-state index is -0.779. The molecule has 0 aromatic heterocycles. The Morgan fingerprint density at radius 1 is 0.323 bits per heavy atom. The van der Waals surface area contributed by atoms with Crippen LogP contribution < -0.4 is 0 Å². The molecule has 0 aliphatic rings. The molecule has 0 N–H and O–H groups in total. The van der Waals surface area contributed by atoms with Gasteiger partial charge in [-0.2, -0.15) is 0 Å². The summed E-state index contributed by atoms with van der Waals surface area (Å²) in [6, 6.07) is 0. The highest BCUT2D eigenvalue weighted by Crippen LogP contribution is 2.16. The maximum Gasteiger partial charge on any atom is 0.306 e. The van der Waals surface area contributed by atoms with E-state index in [1.54, 1.807) is 0 Å². The van der Waals surface area contributed by atoms with E-state index in [-0.39, 0.29) is 31.1 Å². The van der Waals surface area contributed by atoms with Crippen LogP contribution in [0.3, 0.4) is 0 Å². The van der Waals surface area contributed by atoms with Gasteiger partial charge in [-0.05, 0) is 70.6 Å². The quantitative estimate of drug-likeness (QED) is 0.0262. The predicted octanol–water partition coefficient (Wildman–Crippen LogP) is 17.7. The van der Waals surface area contributed by atoms with Crippen molar-refractivity contribution < 1.29 is 28.6 Å². The fourth-order valence-corrected chi connectivity index (χ4v) is 7.75. The van der Waals surface area contributed by atoms with Gasteiger partial charge in [0.1, 0.15) is 13.2 Å². The zero-order chi connectivity index (χ0) is 45.1. The summed E-state index contributed by atoms with van der Waals surface area (Å²) < 4.78 is 16.8. The molecule has 362 valence electrons. The molecule has 0 bridgehead atoms. The van der Waals surface area contributed by atoms with Crippen LogP contribution in [0.25, 0.3) is 0 Å². The summed E-state index contributed by atoms with van der Waals surface area (Å²) in [5, 5.41) is 0. The molecule has 0 aromatic rings. The Labute approximate surface area is 385 Å². The lowest BCUT2D eigenvalue weighted by Gasteiger charge is -2.18. The number of carbonyl (C=O) groups excluding carboxylic acids is 3. The lowest BCUT2D eigenvalue weighted by atomic mass is 10.0. The van der Waals surface area contributed by atoms with Crippen molar-refractivity contribution >= 4 is 17.9 Å². The molecule has 0 amide bonds. The normalized spacial score (nSPS) is 12.2. The summed E-state index contributed by atoms with van der Waals surface area (Å²) in [5.74, 6) is -0.888. The first-order valence-corrected chi connectivity index (χ1v) is 27.0. The van der Waals surface area contributed by atoms with Gasteiger partial charge in [0.15, 0.2) is 6.10 Å². The summed E-state index contributed by atoms with van der Waals surface area (Å²) in [5.41, 5.74) is 0. The summed E-state index contributed by atoms with van der Waals surface area (Å²) in [6.07, 6.45) is 59.8. The molecular weight excluding hydrogens is 769 g/mol. The number of rotatable bonds is 49. The van der Waals surface area contributed by atoms with Crippen molar-refractivity contribution in [3.05, 3.63) is 36.5 Å². The van der Waals surface area contributed by atoms with Crippen LogP contribution in [0.1, 0.15) is 284 Å². The third kappa shape index (κ3) is 48.7. The SMILES string of the molecule is CCCC/C=C\C/C=C\CCCCCCCC(=O)O[C@H](COC(=O)CCCCCCC/C=C\CCCCCCC)COC(=O)CCCCCCCCCCCCCCCCCC. The van der Waals surface area contributed by atoms with Crippen LogP contribution in [0, 0.1) is 0 Å². The molecule has 62 heavy (non-hydrogen) atoms. The first kappa shape index (κ1) is 59.6. The zero-order valence-electron chi connectivity index (χ0n) is 41.4. The Kier molecular flexibility index (Phi) is 49.3. The predicted molar refractivity (Wildman–Crippen MR) is 266 cm³/mol. The molecule has 0 rings (SSSR count). The second-order valence-electron chi connectivity index (χ2n) is 18.1. The van der Waals surface area contributed by atoms with Crippen molar-refractivity contribution in [3.8, 4) is 0 Å². The second-order valence-corrected chi connectivity index (χ2v) is 18.1. The van der Waals surface area contributed by atoms with Crippen molar-refractivity contribution in [2.24, 2.45) is 0 Å². The summed E-state index contributed by atoms with van der Waals surface area (Å²) in [7, 11) is 0. The highest BCUT2D eigenvalue weighted by Gasteiger charge is 2.19. The Bertz CT molecular complexity index is 1050. The van der Waals surface area contributed by atoms with Crippen molar-refractivity contribution in [2.45, 2.75) is 290 Å². The van der Waals surface area contributed by atoms with E-state index in [4.69, 9.17) is 14.2 Å². The minimum Gasteiger partial charge on any atom is -0.462 e. The van der Waals surface area contributed by atoms with Gasteiger partial charge in [0.25, 0.3) is 0 Å². The van der Waals surface area contributed by atoms with E-state index in [9.17, 15) is 14.4 Å². The largest absolute Gasteiger partial charge is 0.462 e. The standard InChI is InChI=1S/C56H102O6/c1-4-7-10-13-16-19-22-25-28-29-32-34-37-40-43-46-49-55(58)61-52-53(62-56(59)50-47-44-41-38-35-31-27-24-21-18-15-12-9-6-3)51-60-54(57)48-45-42-39-36-33-30-26-23-20-17-14-11-8-5-2/h15,18,23-24,26-27,53H,4-14,16-17,19-22,25,28-52H2,1-3H3/b18-15-,26-23-,27-24-/t53-/m1/s1. The van der Waals surface area contributed by atoms with Gasteiger partial charge in [-0.25, -0.2) is 0 Å². The van der Waals surface area contributed by atoms with E-state index in [2.05, 4.69) is 57.2 Å². The Balaban J connectivity index is 4.37. The van der Waals surface area contributed by atoms with E-state index >= 15 is 0 Å². The third-order valence-electron chi connectivity index (χ3n) is 11.9. The molecule has 0 spiro atoms. The second kappa shape index (κ2) is 51.3. The van der Waals surface area contributed by atoms with E-state index in [1.165, 1.54) is 154 Å². The number of esters is 3. The molecule has 0 aliphatic carbocycles. The smallest absolute Gasteiger partial charge is 0.306 e. The van der Waals surface area contributed by atoms with Crippen molar-refractivity contribution in [3.63, 3.8) is 0 Å². The average molecular weight is 871 g/mol. The van der Waals surface area contributed by atoms with E-state index < -0.39 is 6.10 Å². The molecule has 0 fully saturated rings. The molecule has 0 saturated heterocycles. The number of hydrogen-bond acceptors (Lipinski definition) is 6. The van der Waals surface area contributed by atoms with Crippen LogP contribution in [0.5, 0.6) is 0 Å². The van der Waals surface area contributed by atoms with Gasteiger partial charge in [0.2, 0.25) is 0 Å². The van der Waals surface area contributed by atoms with E-state index in [0.29, 0.717) is 19.3 Å². The lowest BCUT2D eigenvalue weighted by molar-refractivity contribution is -0.167. The molecule has 1 atom stereocenters. The highest BCUT2D eigenvalue weighted by molar-refractivity contribution is 5.71. The van der Waals surface area contributed by atoms with Crippen LogP contribution >= 0.6 is 0 Å². The number of unbranched alkanes of at least 4 members (excludes halogenated alkanes) is 32. The zero-order valence-corrected chi connectivity index (χ0v) is 41.4. The van der Waals surface area contributed by atoms with E-state index in [1.807, 2.05) is 0 Å². The van der Waals surface area contributed by atoms with E-state index in [0.717, 1.165) is 89.9 Å². The molecule has 0 radical (unpaired) electrons. The Morgan fingerprint density at radius 2 is 0.597 bits per heavy atom. The summed E-state index contributed by atoms with van der Waals surface area (Å²) in [6.45, 7) is 6.60. The molecule has 0 aromatic carbocycles. The first-order valence-electron chi connectivity index (χ1n) is 27.0. The molecule has 6 nitrogen and oxygen atoms in total. The first-order chi connectivity index (χ1) is 30.5. The van der Waals surface area contributed by atoms with Crippen LogP contribution in [0.15, 0.2) is 36.5 Å². The molecule has 0 aliphatic heterocycles. The van der Waals surface area contributed by atoms with Crippen LogP contribution in [-0.4, -0.2) is 37.2 Å². The molecular formula is C56H102O6. The van der Waals surface area contributed by atoms with Crippen molar-refractivity contribution in [1.82, 2.24) is 0 Å². The van der Waals surface area contributed by atoms with Crippen LogP contribution in [0.2, 0.25) is 0 Å². The van der Waals surface area contributed by atoms with Gasteiger partial charge in [-0.3, -0.25) is 14.4 Å². The fourth-order valence-electron chi connectivity index (χ4n) is 7.75. The van der Waals surface area contributed by atoms with Gasteiger partial charge in [0, 0.05) is 19.3 Å². The summed E-state index contributed by atoms with van der Waals surface area (Å²) in [4.78, 5) is 38.0. The summed E-state index contributed by atoms with van der Waals surface area (Å²) >= 11 is 0. The monoisotopic (exact) mass is 871 g/mol. The maximum atomic E-state index is 12.8. The number of carbonyl (C=O) groups is 3. The Morgan fingerprint density at radius 3 is 0.952 bits per heavy atom. The fraction of sp³-hybridized carbons (Fsp3) is 0.839. The van der Waals surface area contributed by atoms with Crippen LogP contribution in [-0.2, 0) is 28.6 Å². The van der Waals surface area contributed by atoms with Gasteiger partial charge in [-0.15, -0.1) is 0 Å². The Hall–Kier alpha value is -2.37. The topological polar surface area (TPSA) is 78.9 Å². The average Bonchev–Trinajstić information content (AvgIpc) is 3.27. The van der Waals surface area contributed by atoms with Crippen molar-refractivity contribution in [2.75, 3.05) is 13.2 Å². The molecule has 0 saturated carbocycles. The van der Waals surface area contributed by atoms with Gasteiger partial charge in [-0.1, -0.05) is 231 Å². The number of ether oxygens (including phenoxy) is 3. The number of hydrogen-bond donors (Lipinski definition) is 0. The number of allylic oxidation sites excluding steroid dienone is 6. The van der Waals surface area contributed by atoms with Gasteiger partial charge in [0.05, 0.1) is 0 Å². The molecule has 0 heterocycles. The third-order valence-corrected chi connectivity index (χ3v) is 11.9. The minimum absolute atomic E-state index is 0.0773. The van der Waals surface area contributed by atoms with Crippen molar-refractivity contribution in [1.29, 1.82) is 0 Å². The highest BCUT2D eigenvalue weighted by atomic mass is 16.6. The molecule has 0 unspecified atom stereocenters. The van der Waals surface area contributed by atoms with Crippen LogP contribution in [0.4, 0.5) is 0 Å².